The van der Waals surface area contributed by atoms with Crippen molar-refractivity contribution in [1.29, 1.82) is 0 Å². The lowest BCUT2D eigenvalue weighted by Crippen LogP contribution is -2.37. The second kappa shape index (κ2) is 6.26. The minimum atomic E-state index is -2.94. The molecule has 18 heavy (non-hydrogen) atoms. The molecule has 0 bridgehead atoms. The van der Waals surface area contributed by atoms with E-state index in [1.54, 1.807) is 13.8 Å². The molecule has 0 aromatic heterocycles. The minimum absolute atomic E-state index is 0.168. The normalized spacial score (nSPS) is 12.3. The molecule has 5 nitrogen and oxygen atoms in total. The molecule has 1 unspecified atom stereocenters. The molecule has 0 saturated heterocycles. The van der Waals surface area contributed by atoms with Gasteiger partial charge in [-0.1, -0.05) is 0 Å². The van der Waals surface area contributed by atoms with E-state index in [1.807, 2.05) is 0 Å². The van der Waals surface area contributed by atoms with Crippen molar-refractivity contribution in [2.75, 3.05) is 4.90 Å². The first kappa shape index (κ1) is 15.1. The first-order valence-corrected chi connectivity index (χ1v) is 6.68. The Balaban J connectivity index is 3.08. The van der Waals surface area contributed by atoms with E-state index in [-0.39, 0.29) is 10.5 Å². The number of carbonyl (C=O) groups is 1. The SMILES string of the molecule is CC(C)N(C(=O)OS(=O)[O-])c1ccc(F)c(Br)c1. The molecule has 0 aliphatic carbocycles. The Bertz CT molecular complexity index is 483. The van der Waals surface area contributed by atoms with E-state index in [4.69, 9.17) is 0 Å². The Hall–Kier alpha value is -0.990. The highest BCUT2D eigenvalue weighted by Gasteiger charge is 2.21. The fourth-order valence-electron chi connectivity index (χ4n) is 1.35. The number of hydrogen-bond donors (Lipinski definition) is 0. The number of anilines is 1. The molecule has 1 amide bonds. The van der Waals surface area contributed by atoms with Gasteiger partial charge in [0.2, 0.25) is 0 Å². The lowest BCUT2D eigenvalue weighted by Gasteiger charge is -2.26. The van der Waals surface area contributed by atoms with E-state index in [0.29, 0.717) is 5.69 Å². The van der Waals surface area contributed by atoms with Gasteiger partial charge in [0, 0.05) is 11.7 Å². The van der Waals surface area contributed by atoms with Gasteiger partial charge in [0.25, 0.3) is 0 Å². The van der Waals surface area contributed by atoms with Gasteiger partial charge in [-0.25, -0.2) is 13.4 Å². The third-order valence-electron chi connectivity index (χ3n) is 2.03. The van der Waals surface area contributed by atoms with E-state index in [2.05, 4.69) is 20.1 Å². The van der Waals surface area contributed by atoms with Crippen LogP contribution in [0.25, 0.3) is 0 Å². The standard InChI is InChI=1S/C10H11BrFNO4S/c1-6(2)13(10(14)17-18(15)16)7-3-4-9(12)8(11)5-7/h3-6H,1-2H3,(H,15,16)/p-1. The molecule has 0 N–H and O–H groups in total. The highest BCUT2D eigenvalue weighted by atomic mass is 79.9. The zero-order valence-electron chi connectivity index (χ0n) is 9.55. The van der Waals surface area contributed by atoms with Crippen molar-refractivity contribution in [2.24, 2.45) is 0 Å². The third-order valence-corrected chi connectivity index (χ3v) is 2.92. The number of nitrogens with zero attached hydrogens (tertiary/aromatic N) is 1. The van der Waals surface area contributed by atoms with Gasteiger partial charge in [-0.15, -0.1) is 0 Å². The van der Waals surface area contributed by atoms with E-state index in [9.17, 15) is 17.9 Å². The highest BCUT2D eigenvalue weighted by Crippen LogP contribution is 2.25. The second-order valence-corrected chi connectivity index (χ2v) is 5.04. The van der Waals surface area contributed by atoms with Gasteiger partial charge in [0.15, 0.2) is 0 Å². The summed E-state index contributed by atoms with van der Waals surface area (Å²) < 4.78 is 38.1. The summed E-state index contributed by atoms with van der Waals surface area (Å²) in [6.45, 7) is 3.35. The maximum atomic E-state index is 13.1. The summed E-state index contributed by atoms with van der Waals surface area (Å²) in [5, 5.41) is 0. The van der Waals surface area contributed by atoms with E-state index >= 15 is 0 Å². The summed E-state index contributed by atoms with van der Waals surface area (Å²) in [7, 11) is 0. The van der Waals surface area contributed by atoms with Crippen molar-refractivity contribution >= 4 is 39.1 Å². The summed E-state index contributed by atoms with van der Waals surface area (Å²) in [5.41, 5.74) is 0.328. The quantitative estimate of drug-likeness (QED) is 0.794. The Morgan fingerprint density at radius 1 is 1.56 bits per heavy atom. The largest absolute Gasteiger partial charge is 0.740 e. The Morgan fingerprint density at radius 2 is 2.17 bits per heavy atom. The van der Waals surface area contributed by atoms with Crippen LogP contribution in [0.4, 0.5) is 14.9 Å². The topological polar surface area (TPSA) is 69.7 Å². The van der Waals surface area contributed by atoms with E-state index in [0.717, 1.165) is 11.0 Å². The summed E-state index contributed by atoms with van der Waals surface area (Å²) in [6.07, 6.45) is -1.04. The molecule has 0 spiro atoms. The molecule has 0 saturated carbocycles. The number of amides is 1. The molecule has 0 heterocycles. The van der Waals surface area contributed by atoms with Gasteiger partial charge < -0.3 is 8.74 Å². The van der Waals surface area contributed by atoms with Crippen molar-refractivity contribution in [2.45, 2.75) is 19.9 Å². The number of carbonyl (C=O) groups excluding carboxylic acids is 1. The molecule has 1 atom stereocenters. The predicted molar refractivity (Wildman–Crippen MR) is 67.1 cm³/mol. The van der Waals surface area contributed by atoms with Gasteiger partial charge >= 0.3 is 6.09 Å². The Labute approximate surface area is 115 Å². The van der Waals surface area contributed by atoms with Crippen LogP contribution in [-0.2, 0) is 15.5 Å². The zero-order valence-corrected chi connectivity index (χ0v) is 12.0. The average Bonchev–Trinajstić information content (AvgIpc) is 2.21. The van der Waals surface area contributed by atoms with Crippen LogP contribution in [0.2, 0.25) is 0 Å². The van der Waals surface area contributed by atoms with Gasteiger partial charge in [-0.2, -0.15) is 0 Å². The van der Waals surface area contributed by atoms with E-state index in [1.165, 1.54) is 12.1 Å². The molecular weight excluding hydrogens is 329 g/mol. The van der Waals surface area contributed by atoms with Crippen molar-refractivity contribution in [1.82, 2.24) is 0 Å². The van der Waals surface area contributed by atoms with Gasteiger partial charge in [-0.3, -0.25) is 4.90 Å². The first-order chi connectivity index (χ1) is 8.32. The molecule has 100 valence electrons. The lowest BCUT2D eigenvalue weighted by atomic mass is 10.2. The molecule has 1 aromatic rings. The van der Waals surface area contributed by atoms with Crippen molar-refractivity contribution in [3.05, 3.63) is 28.5 Å². The van der Waals surface area contributed by atoms with Crippen LogP contribution in [0, 0.1) is 5.82 Å². The highest BCUT2D eigenvalue weighted by molar-refractivity contribution is 9.10. The third kappa shape index (κ3) is 3.76. The van der Waals surface area contributed by atoms with Crippen molar-refractivity contribution < 1.29 is 22.1 Å². The molecule has 0 aliphatic heterocycles. The Kier molecular flexibility index (Phi) is 5.24. The number of hydrogen-bond acceptors (Lipinski definition) is 4. The van der Waals surface area contributed by atoms with Crippen LogP contribution < -0.4 is 4.90 Å². The van der Waals surface area contributed by atoms with Crippen LogP contribution in [0.1, 0.15) is 13.8 Å². The maximum Gasteiger partial charge on any atom is 0.427 e. The average molecular weight is 339 g/mol. The predicted octanol–water partition coefficient (Wildman–Crippen LogP) is 2.73. The maximum absolute atomic E-state index is 13.1. The van der Waals surface area contributed by atoms with Crippen LogP contribution in [0.15, 0.2) is 22.7 Å². The van der Waals surface area contributed by atoms with Crippen molar-refractivity contribution in [3.8, 4) is 0 Å². The summed E-state index contributed by atoms with van der Waals surface area (Å²) in [5.74, 6) is -0.483. The van der Waals surface area contributed by atoms with Gasteiger partial charge in [0.05, 0.1) is 4.47 Å². The molecule has 1 aromatic carbocycles. The molecule has 8 heteroatoms. The number of benzene rings is 1. The molecule has 0 radical (unpaired) electrons. The Morgan fingerprint density at radius 3 is 2.61 bits per heavy atom. The van der Waals surface area contributed by atoms with Crippen LogP contribution in [0.5, 0.6) is 0 Å². The molecule has 0 fully saturated rings. The summed E-state index contributed by atoms with van der Waals surface area (Å²) >= 11 is 0.0447. The molecule has 1 rings (SSSR count). The summed E-state index contributed by atoms with van der Waals surface area (Å²) in [4.78, 5) is 12.7. The van der Waals surface area contributed by atoms with Crippen LogP contribution in [-0.4, -0.2) is 20.9 Å². The smallest absolute Gasteiger partial charge is 0.427 e. The number of halogens is 2. The van der Waals surface area contributed by atoms with Crippen molar-refractivity contribution in [3.63, 3.8) is 0 Å². The number of rotatable bonds is 3. The monoisotopic (exact) mass is 338 g/mol. The summed E-state index contributed by atoms with van der Waals surface area (Å²) in [6, 6.07) is 3.54. The van der Waals surface area contributed by atoms with Gasteiger partial charge in [0.1, 0.15) is 17.2 Å². The fourth-order valence-corrected chi connectivity index (χ4v) is 1.91. The van der Waals surface area contributed by atoms with E-state index < -0.39 is 23.3 Å². The lowest BCUT2D eigenvalue weighted by molar-refractivity contribution is 0.206. The zero-order chi connectivity index (χ0) is 13.9. The fraction of sp³-hybridized carbons (Fsp3) is 0.300. The molecule has 0 aliphatic rings. The minimum Gasteiger partial charge on any atom is -0.740 e. The van der Waals surface area contributed by atoms with Crippen LogP contribution in [0.3, 0.4) is 0 Å². The van der Waals surface area contributed by atoms with Gasteiger partial charge in [-0.05, 0) is 48.0 Å². The van der Waals surface area contributed by atoms with Crippen LogP contribution >= 0.6 is 15.9 Å². The second-order valence-electron chi connectivity index (χ2n) is 3.62. The first-order valence-electron chi connectivity index (χ1n) is 4.88. The molecular formula is C10H10BrFNO4S-.